The van der Waals surface area contributed by atoms with E-state index in [1.54, 1.807) is 18.2 Å². The number of ether oxygens (including phenoxy) is 13. The molecule has 68 heavy (non-hydrogen) atoms. The van der Waals surface area contributed by atoms with Crippen LogP contribution in [0.15, 0.2) is 18.2 Å². The average Bonchev–Trinajstić information content (AvgIpc) is 3.58. The first-order valence-corrected chi connectivity index (χ1v) is 23.2. The first kappa shape index (κ1) is 58.1. The third kappa shape index (κ3) is 26.5. The van der Waals surface area contributed by atoms with Gasteiger partial charge in [0.1, 0.15) is 12.6 Å². The molecular weight excluding hydrogens is 902 g/mol. The maximum absolute atomic E-state index is 13.2. The largest absolute Gasteiger partial charge is 0.481 e. The van der Waals surface area contributed by atoms with Crippen molar-refractivity contribution < 1.29 is 95.5 Å². The number of anilines is 1. The molecule has 2 aliphatic rings. The molecule has 386 valence electrons. The number of fused-ring (bicyclic) bond motifs is 1. The van der Waals surface area contributed by atoms with E-state index in [-0.39, 0.29) is 56.0 Å². The molecule has 2 aliphatic heterocycles. The summed E-state index contributed by atoms with van der Waals surface area (Å²) in [4.78, 5) is 72.9. The molecule has 0 saturated carbocycles. The molecule has 3 rings (SSSR count). The Labute approximate surface area is 397 Å². The Kier molecular flexibility index (Phi) is 33.0. The second-order valence-electron chi connectivity index (χ2n) is 14.8. The number of carboxylic acid groups (broad SMARTS) is 1. The number of carbonyl (C=O) groups excluding carboxylic acids is 5. The number of unbranched alkanes of at least 4 members (excludes halogenated alkanes) is 1. The molecule has 2 heterocycles. The summed E-state index contributed by atoms with van der Waals surface area (Å²) >= 11 is 0. The SMILES string of the molecule is O=C(O)CCCCC(=O)OCCOCCOCCOCCOCCOCCOCCOCCOCCOCCOCCOCCOCCNc1cccc2c1C(=O)N(C1CCC(=O)NC1=O)C2=O. The number of rotatable bonds is 46. The van der Waals surface area contributed by atoms with E-state index >= 15 is 0 Å². The Balaban J connectivity index is 0.943. The van der Waals surface area contributed by atoms with Crippen LogP contribution in [0.1, 0.15) is 59.2 Å². The van der Waals surface area contributed by atoms with E-state index in [0.717, 1.165) is 4.90 Å². The quantitative estimate of drug-likeness (QED) is 0.0465. The summed E-state index contributed by atoms with van der Waals surface area (Å²) in [7, 11) is 0. The van der Waals surface area contributed by atoms with Crippen LogP contribution in [0.4, 0.5) is 5.69 Å². The number of hydrogen-bond acceptors (Lipinski definition) is 20. The zero-order chi connectivity index (χ0) is 48.7. The van der Waals surface area contributed by atoms with Crippen LogP contribution in [-0.4, -0.2) is 223 Å². The minimum Gasteiger partial charge on any atom is -0.481 e. The van der Waals surface area contributed by atoms with Gasteiger partial charge in [-0.1, -0.05) is 6.07 Å². The standard InChI is InChI=1S/C45H71N3O20/c49-39-9-8-38(43(53)47-39)48-44(54)36-4-3-5-37(42(36)45(48)55)46-10-11-56-12-13-57-14-15-58-16-17-59-18-19-60-20-21-61-22-23-62-24-25-63-26-27-64-28-29-65-30-31-66-32-33-67-34-35-68-41(52)7-2-1-6-40(50)51/h3-5,38,46H,1-2,6-35H2,(H,50,51)(H,47,49,53). The molecule has 3 N–H and O–H groups in total. The van der Waals surface area contributed by atoms with Gasteiger partial charge in [-0.3, -0.25) is 39.0 Å². The van der Waals surface area contributed by atoms with Crippen LogP contribution in [-0.2, 0) is 80.8 Å². The molecule has 1 aromatic carbocycles. The first-order valence-electron chi connectivity index (χ1n) is 23.2. The van der Waals surface area contributed by atoms with Gasteiger partial charge in [0.25, 0.3) is 11.8 Å². The van der Waals surface area contributed by atoms with Crippen LogP contribution in [0, 0.1) is 0 Å². The second-order valence-corrected chi connectivity index (χ2v) is 14.8. The molecule has 23 nitrogen and oxygen atoms in total. The minimum atomic E-state index is -1.02. The molecule has 1 saturated heterocycles. The fourth-order valence-electron chi connectivity index (χ4n) is 6.27. The third-order valence-corrected chi connectivity index (χ3v) is 9.63. The summed E-state index contributed by atoms with van der Waals surface area (Å²) in [6.45, 7) is 10.6. The molecule has 23 heteroatoms. The van der Waals surface area contributed by atoms with Gasteiger partial charge in [0.05, 0.1) is 170 Å². The third-order valence-electron chi connectivity index (χ3n) is 9.63. The predicted octanol–water partition coefficient (Wildman–Crippen LogP) is 0.887. The van der Waals surface area contributed by atoms with Gasteiger partial charge in [-0.15, -0.1) is 0 Å². The van der Waals surface area contributed by atoms with E-state index in [1.807, 2.05) is 0 Å². The van der Waals surface area contributed by atoms with E-state index in [0.29, 0.717) is 177 Å². The Morgan fingerprint density at radius 1 is 0.544 bits per heavy atom. The zero-order valence-corrected chi connectivity index (χ0v) is 39.1. The molecule has 1 unspecified atom stereocenters. The number of amides is 4. The van der Waals surface area contributed by atoms with Gasteiger partial charge in [-0.25, -0.2) is 0 Å². The number of nitrogens with one attached hydrogen (secondary N) is 2. The number of benzene rings is 1. The Morgan fingerprint density at radius 2 is 0.941 bits per heavy atom. The Hall–Kier alpha value is -4.24. The van der Waals surface area contributed by atoms with E-state index in [1.165, 1.54) is 0 Å². The van der Waals surface area contributed by atoms with Crippen molar-refractivity contribution in [2.75, 3.05) is 177 Å². The summed E-state index contributed by atoms with van der Waals surface area (Å²) in [5.41, 5.74) is 0.883. The van der Waals surface area contributed by atoms with Gasteiger partial charge in [-0.2, -0.15) is 0 Å². The van der Waals surface area contributed by atoms with E-state index in [2.05, 4.69) is 10.6 Å². The lowest BCUT2D eigenvalue weighted by atomic mass is 10.0. The maximum atomic E-state index is 13.2. The maximum Gasteiger partial charge on any atom is 0.305 e. The minimum absolute atomic E-state index is 0.0492. The lowest BCUT2D eigenvalue weighted by molar-refractivity contribution is -0.146. The van der Waals surface area contributed by atoms with Gasteiger partial charge in [-0.05, 0) is 31.4 Å². The second kappa shape index (κ2) is 38.6. The molecule has 0 spiro atoms. The van der Waals surface area contributed by atoms with Crippen molar-refractivity contribution in [3.8, 4) is 0 Å². The highest BCUT2D eigenvalue weighted by Crippen LogP contribution is 2.32. The molecule has 1 atom stereocenters. The van der Waals surface area contributed by atoms with Crippen molar-refractivity contribution in [3.05, 3.63) is 29.3 Å². The number of esters is 1. The Bertz CT molecular complexity index is 1590. The van der Waals surface area contributed by atoms with Crippen LogP contribution < -0.4 is 10.6 Å². The molecule has 1 aromatic rings. The van der Waals surface area contributed by atoms with Crippen molar-refractivity contribution in [3.63, 3.8) is 0 Å². The summed E-state index contributed by atoms with van der Waals surface area (Å²) < 4.78 is 70.8. The number of carbonyl (C=O) groups is 6. The smallest absolute Gasteiger partial charge is 0.305 e. The fourth-order valence-corrected chi connectivity index (χ4v) is 6.27. The number of piperidine rings is 1. The van der Waals surface area contributed by atoms with Crippen molar-refractivity contribution >= 4 is 41.3 Å². The van der Waals surface area contributed by atoms with Crippen LogP contribution in [0.3, 0.4) is 0 Å². The van der Waals surface area contributed by atoms with Gasteiger partial charge in [0.2, 0.25) is 11.8 Å². The van der Waals surface area contributed by atoms with Crippen molar-refractivity contribution in [2.45, 2.75) is 44.6 Å². The molecule has 4 amide bonds. The average molecular weight is 974 g/mol. The highest BCUT2D eigenvalue weighted by molar-refractivity contribution is 6.25. The lowest BCUT2D eigenvalue weighted by Gasteiger charge is -2.27. The van der Waals surface area contributed by atoms with Gasteiger partial charge >= 0.3 is 11.9 Å². The molecule has 0 aliphatic carbocycles. The number of carboxylic acids is 1. The number of aliphatic carboxylic acids is 1. The number of hydrogen-bond donors (Lipinski definition) is 3. The van der Waals surface area contributed by atoms with E-state index in [9.17, 15) is 28.8 Å². The van der Waals surface area contributed by atoms with Gasteiger partial charge in [0, 0.05) is 31.5 Å². The van der Waals surface area contributed by atoms with Gasteiger partial charge in [0.15, 0.2) is 0 Å². The summed E-state index contributed by atoms with van der Waals surface area (Å²) in [5, 5.41) is 13.9. The van der Waals surface area contributed by atoms with Crippen LogP contribution in [0.5, 0.6) is 0 Å². The molecular formula is C45H71N3O20. The summed E-state index contributed by atoms with van der Waals surface area (Å²) in [6.07, 6.45) is 1.34. The van der Waals surface area contributed by atoms with E-state index in [4.69, 9.17) is 66.7 Å². The first-order chi connectivity index (χ1) is 33.3. The molecule has 0 radical (unpaired) electrons. The van der Waals surface area contributed by atoms with Crippen LogP contribution >= 0.6 is 0 Å². The summed E-state index contributed by atoms with van der Waals surface area (Å²) in [5.74, 6) is -3.43. The Morgan fingerprint density at radius 3 is 1.35 bits per heavy atom. The summed E-state index contributed by atoms with van der Waals surface area (Å²) in [6, 6.07) is 3.88. The number of imide groups is 2. The van der Waals surface area contributed by atoms with Crippen molar-refractivity contribution in [1.29, 1.82) is 0 Å². The highest BCUT2D eigenvalue weighted by atomic mass is 16.6. The molecule has 0 bridgehead atoms. The lowest BCUT2D eigenvalue weighted by Crippen LogP contribution is -2.54. The fraction of sp³-hybridized carbons (Fsp3) is 0.733. The normalized spacial score (nSPS) is 14.7. The zero-order valence-electron chi connectivity index (χ0n) is 39.1. The molecule has 1 fully saturated rings. The highest BCUT2D eigenvalue weighted by Gasteiger charge is 2.45. The molecule has 0 aromatic heterocycles. The van der Waals surface area contributed by atoms with Crippen molar-refractivity contribution in [2.24, 2.45) is 0 Å². The predicted molar refractivity (Wildman–Crippen MR) is 238 cm³/mol. The van der Waals surface area contributed by atoms with Gasteiger partial charge < -0.3 is 72.0 Å². The number of nitrogens with zero attached hydrogens (tertiary/aromatic N) is 1. The monoisotopic (exact) mass is 973 g/mol. The van der Waals surface area contributed by atoms with Crippen molar-refractivity contribution in [1.82, 2.24) is 10.2 Å². The van der Waals surface area contributed by atoms with Crippen LogP contribution in [0.25, 0.3) is 0 Å². The topological polar surface area (TPSA) is 270 Å². The van der Waals surface area contributed by atoms with Crippen LogP contribution in [0.2, 0.25) is 0 Å². The van der Waals surface area contributed by atoms with E-state index < -0.39 is 35.6 Å².